The van der Waals surface area contributed by atoms with E-state index < -0.39 is 0 Å². The van der Waals surface area contributed by atoms with E-state index in [-0.39, 0.29) is 5.41 Å². The maximum Gasteiger partial charge on any atom is 0.0434 e. The second-order valence-electron chi connectivity index (χ2n) is 15.2. The lowest BCUT2D eigenvalue weighted by Gasteiger charge is -2.23. The van der Waals surface area contributed by atoms with Crippen molar-refractivity contribution in [1.29, 1.82) is 0 Å². The van der Waals surface area contributed by atoms with Crippen LogP contribution in [0.4, 0.5) is 0 Å². The van der Waals surface area contributed by atoms with Crippen molar-refractivity contribution in [3.05, 3.63) is 169 Å². The van der Waals surface area contributed by atoms with Crippen LogP contribution in [-0.4, -0.2) is 0 Å². The van der Waals surface area contributed by atoms with E-state index in [0.29, 0.717) is 0 Å². The third kappa shape index (κ3) is 4.05. The van der Waals surface area contributed by atoms with Crippen LogP contribution < -0.4 is 0 Å². The molecule has 2 heterocycles. The summed E-state index contributed by atoms with van der Waals surface area (Å²) in [5.41, 5.74) is 10.7. The van der Waals surface area contributed by atoms with E-state index in [1.807, 2.05) is 22.7 Å². The largest absolute Gasteiger partial charge is 0.135 e. The van der Waals surface area contributed by atoms with E-state index in [1.54, 1.807) is 0 Å². The smallest absolute Gasteiger partial charge is 0.0434 e. The molecule has 0 radical (unpaired) electrons. The highest BCUT2D eigenvalue weighted by Crippen LogP contribution is 2.52. The van der Waals surface area contributed by atoms with Crippen LogP contribution in [0.2, 0.25) is 0 Å². The summed E-state index contributed by atoms with van der Waals surface area (Å²) in [6, 6.07) is 59.7. The fraction of sp³-hybridized carbons (Fsp3) is 0.0588. The normalized spacial score (nSPS) is 13.6. The van der Waals surface area contributed by atoms with Gasteiger partial charge in [-0.2, -0.15) is 0 Å². The molecule has 0 saturated carbocycles. The van der Waals surface area contributed by atoms with Gasteiger partial charge in [0.2, 0.25) is 0 Å². The van der Waals surface area contributed by atoms with Crippen LogP contribution in [0.5, 0.6) is 0 Å². The minimum atomic E-state index is -0.0553. The number of hydrogen-bond acceptors (Lipinski definition) is 2. The highest BCUT2D eigenvalue weighted by molar-refractivity contribution is 7.27. The van der Waals surface area contributed by atoms with Gasteiger partial charge >= 0.3 is 0 Å². The van der Waals surface area contributed by atoms with Crippen molar-refractivity contribution in [3.63, 3.8) is 0 Å². The van der Waals surface area contributed by atoms with Crippen molar-refractivity contribution in [3.8, 4) is 33.4 Å². The standard InChI is InChI=1S/C51H32S2/c1-51(2)43-17-9-7-11-32(43)33-22-20-31(26-44(33)51)49-37-15-5-3-13-35(37)48(36-14-4-6-16-38(36)49)30-21-24-46-41(25-30)42-28-40-29(27-47(42)52-46)19-23-39-34-12-8-10-18-45(34)53-50(39)40/h3-28H,1-2H3. The maximum absolute atomic E-state index is 2.48. The van der Waals surface area contributed by atoms with Crippen molar-refractivity contribution in [2.45, 2.75) is 19.3 Å². The van der Waals surface area contributed by atoms with Gasteiger partial charge in [0.15, 0.2) is 0 Å². The summed E-state index contributed by atoms with van der Waals surface area (Å²) in [5, 5.41) is 13.2. The Morgan fingerprint density at radius 3 is 1.70 bits per heavy atom. The summed E-state index contributed by atoms with van der Waals surface area (Å²) >= 11 is 3.82. The molecule has 1 aliphatic carbocycles. The summed E-state index contributed by atoms with van der Waals surface area (Å²) in [7, 11) is 0. The van der Waals surface area contributed by atoms with Gasteiger partial charge in [-0.3, -0.25) is 0 Å². The first-order valence-corrected chi connectivity index (χ1v) is 20.1. The molecule has 53 heavy (non-hydrogen) atoms. The van der Waals surface area contributed by atoms with Gasteiger partial charge in [0.25, 0.3) is 0 Å². The monoisotopic (exact) mass is 708 g/mol. The van der Waals surface area contributed by atoms with Gasteiger partial charge in [-0.15, -0.1) is 22.7 Å². The fourth-order valence-electron chi connectivity index (χ4n) is 9.54. The zero-order valence-electron chi connectivity index (χ0n) is 29.3. The van der Waals surface area contributed by atoms with E-state index >= 15 is 0 Å². The summed E-state index contributed by atoms with van der Waals surface area (Å²) in [6.07, 6.45) is 0. The van der Waals surface area contributed by atoms with Gasteiger partial charge in [0.05, 0.1) is 0 Å². The molecule has 0 amide bonds. The van der Waals surface area contributed by atoms with Gasteiger partial charge < -0.3 is 0 Å². The van der Waals surface area contributed by atoms with Crippen LogP contribution in [0.3, 0.4) is 0 Å². The van der Waals surface area contributed by atoms with Crippen LogP contribution in [0, 0.1) is 0 Å². The number of hydrogen-bond donors (Lipinski definition) is 0. The second kappa shape index (κ2) is 10.6. The Balaban J connectivity index is 1.10. The Kier molecular flexibility index (Phi) is 5.97. The Bertz CT molecular complexity index is 3310. The fourth-order valence-corrected chi connectivity index (χ4v) is 11.9. The van der Waals surface area contributed by atoms with Crippen molar-refractivity contribution in [2.24, 2.45) is 0 Å². The predicted molar refractivity (Wildman–Crippen MR) is 233 cm³/mol. The summed E-state index contributed by atoms with van der Waals surface area (Å²) < 4.78 is 5.41. The molecule has 248 valence electrons. The number of thiophene rings is 2. The molecule has 12 rings (SSSR count). The zero-order valence-corrected chi connectivity index (χ0v) is 31.0. The molecular formula is C51H32S2. The minimum Gasteiger partial charge on any atom is -0.135 e. The molecule has 0 bridgehead atoms. The van der Waals surface area contributed by atoms with Crippen molar-refractivity contribution < 1.29 is 0 Å². The topological polar surface area (TPSA) is 0 Å². The minimum absolute atomic E-state index is 0.0553. The third-order valence-corrected chi connectivity index (χ3v) is 14.4. The van der Waals surface area contributed by atoms with Gasteiger partial charge in [0, 0.05) is 51.1 Å². The Labute approximate surface area is 315 Å². The molecular weight excluding hydrogens is 677 g/mol. The molecule has 0 atom stereocenters. The second-order valence-corrected chi connectivity index (χ2v) is 17.3. The molecule has 0 spiro atoms. The van der Waals surface area contributed by atoms with Crippen LogP contribution >= 0.6 is 22.7 Å². The lowest BCUT2D eigenvalue weighted by atomic mass is 9.80. The average molecular weight is 709 g/mol. The molecule has 0 unspecified atom stereocenters. The summed E-state index contributed by atoms with van der Waals surface area (Å²) in [5.74, 6) is 0. The zero-order chi connectivity index (χ0) is 35.0. The molecule has 0 nitrogen and oxygen atoms in total. The van der Waals surface area contributed by atoms with Crippen LogP contribution in [0.1, 0.15) is 25.0 Å². The summed E-state index contributed by atoms with van der Waals surface area (Å²) in [4.78, 5) is 0. The number of benzene rings is 9. The molecule has 11 aromatic rings. The average Bonchev–Trinajstić information content (AvgIpc) is 3.83. The number of rotatable bonds is 2. The highest BCUT2D eigenvalue weighted by Gasteiger charge is 2.35. The van der Waals surface area contributed by atoms with E-state index in [9.17, 15) is 0 Å². The molecule has 0 fully saturated rings. The highest BCUT2D eigenvalue weighted by atomic mass is 32.1. The van der Waals surface area contributed by atoms with E-state index in [4.69, 9.17) is 0 Å². The van der Waals surface area contributed by atoms with E-state index in [0.717, 1.165) is 0 Å². The molecule has 0 aliphatic heterocycles. The Morgan fingerprint density at radius 1 is 0.358 bits per heavy atom. The van der Waals surface area contributed by atoms with Gasteiger partial charge in [-0.05, 0) is 108 Å². The molecule has 1 aliphatic rings. The SMILES string of the molecule is CC1(C)c2ccccc2-c2ccc(-c3c4ccccc4c(-c4ccc5sc6cc7ccc8c9ccccc9sc8c7cc6c5c4)c4ccccc34)cc21. The Morgan fingerprint density at radius 2 is 0.943 bits per heavy atom. The van der Waals surface area contributed by atoms with Gasteiger partial charge in [-0.25, -0.2) is 0 Å². The van der Waals surface area contributed by atoms with Crippen LogP contribution in [-0.2, 0) is 5.41 Å². The lowest BCUT2D eigenvalue weighted by Crippen LogP contribution is -2.14. The first-order valence-electron chi connectivity index (χ1n) is 18.4. The van der Waals surface area contributed by atoms with Crippen LogP contribution in [0.25, 0.3) is 106 Å². The first-order chi connectivity index (χ1) is 26.0. The van der Waals surface area contributed by atoms with Crippen molar-refractivity contribution in [2.75, 3.05) is 0 Å². The van der Waals surface area contributed by atoms with Gasteiger partial charge in [0.1, 0.15) is 0 Å². The number of fused-ring (bicyclic) bond motifs is 13. The maximum atomic E-state index is 2.48. The van der Waals surface area contributed by atoms with Crippen molar-refractivity contribution in [1.82, 2.24) is 0 Å². The molecule has 2 aromatic heterocycles. The Hall–Kier alpha value is -5.80. The summed E-state index contributed by atoms with van der Waals surface area (Å²) in [6.45, 7) is 4.75. The molecule has 0 saturated heterocycles. The quantitative estimate of drug-likeness (QED) is 0.157. The van der Waals surface area contributed by atoms with E-state index in [1.165, 1.54) is 117 Å². The first kappa shape index (κ1) is 29.7. The van der Waals surface area contributed by atoms with Gasteiger partial charge in [-0.1, -0.05) is 135 Å². The lowest BCUT2D eigenvalue weighted by molar-refractivity contribution is 0.660. The molecule has 9 aromatic carbocycles. The van der Waals surface area contributed by atoms with E-state index in [2.05, 4.69) is 172 Å². The van der Waals surface area contributed by atoms with Crippen LogP contribution in [0.15, 0.2) is 158 Å². The molecule has 0 N–H and O–H groups in total. The molecule has 2 heteroatoms. The third-order valence-electron chi connectivity index (χ3n) is 12.0. The van der Waals surface area contributed by atoms with Crippen molar-refractivity contribution >= 4 is 95.3 Å². The predicted octanol–water partition coefficient (Wildman–Crippen LogP) is 15.5.